The van der Waals surface area contributed by atoms with Crippen molar-refractivity contribution < 1.29 is 23.7 Å². The van der Waals surface area contributed by atoms with Gasteiger partial charge in [-0.1, -0.05) is 63.3 Å². The van der Waals surface area contributed by atoms with Crippen molar-refractivity contribution in [1.82, 2.24) is 0 Å². The molecule has 1 N–H and O–H groups in total. The number of rotatable bonds is 9. The van der Waals surface area contributed by atoms with E-state index in [0.717, 1.165) is 5.56 Å². The molecule has 0 spiro atoms. The third kappa shape index (κ3) is 7.02. The summed E-state index contributed by atoms with van der Waals surface area (Å²) in [5, 5.41) is 9.28. The molecule has 0 aromatic heterocycles. The van der Waals surface area contributed by atoms with Gasteiger partial charge in [-0.25, -0.2) is 0 Å². The average Bonchev–Trinajstić information content (AvgIpc) is 2.93. The van der Waals surface area contributed by atoms with E-state index in [0.29, 0.717) is 13.2 Å². The van der Waals surface area contributed by atoms with Crippen LogP contribution in [-0.2, 0) is 25.2 Å². The van der Waals surface area contributed by atoms with Crippen LogP contribution in [-0.4, -0.2) is 50.7 Å². The van der Waals surface area contributed by atoms with Gasteiger partial charge >= 0.3 is 0 Å². The lowest BCUT2D eigenvalue weighted by Crippen LogP contribution is -2.50. The fourth-order valence-corrected chi connectivity index (χ4v) is 4.38. The summed E-state index contributed by atoms with van der Waals surface area (Å²) in [6.07, 6.45) is 2.68. The second kappa shape index (κ2) is 9.86. The normalized spacial score (nSPS) is 23.6. The summed E-state index contributed by atoms with van der Waals surface area (Å²) in [4.78, 5) is 0. The molecule has 1 saturated heterocycles. The fourth-order valence-electron chi connectivity index (χ4n) is 3.07. The summed E-state index contributed by atoms with van der Waals surface area (Å²) in [5.41, 5.74) is 1.12. The van der Waals surface area contributed by atoms with Gasteiger partial charge in [-0.3, -0.25) is 0 Å². The van der Waals surface area contributed by atoms with E-state index in [1.807, 2.05) is 38.1 Å². The van der Waals surface area contributed by atoms with Crippen LogP contribution in [0.3, 0.4) is 0 Å². The first-order valence-corrected chi connectivity index (χ1v) is 13.3. The lowest BCUT2D eigenvalue weighted by molar-refractivity contribution is -0.156. The number of aliphatic hydroxyl groups excluding tert-OH is 1. The van der Waals surface area contributed by atoms with Crippen molar-refractivity contribution in [3.8, 4) is 0 Å². The second-order valence-corrected chi connectivity index (χ2v) is 14.3. The number of hydrogen-bond donors (Lipinski definition) is 1. The molecular weight excluding hydrogens is 384 g/mol. The highest BCUT2D eigenvalue weighted by atomic mass is 28.4. The summed E-state index contributed by atoms with van der Waals surface area (Å²) < 4.78 is 25.1. The van der Waals surface area contributed by atoms with Gasteiger partial charge < -0.3 is 23.7 Å². The lowest BCUT2D eigenvalue weighted by Gasteiger charge is -2.41. The van der Waals surface area contributed by atoms with Crippen LogP contribution in [0.4, 0.5) is 0 Å². The van der Waals surface area contributed by atoms with E-state index in [1.54, 1.807) is 6.08 Å². The minimum atomic E-state index is -2.06. The van der Waals surface area contributed by atoms with Gasteiger partial charge in [0.25, 0.3) is 0 Å². The van der Waals surface area contributed by atoms with Crippen molar-refractivity contribution in [3.63, 3.8) is 0 Å². The summed E-state index contributed by atoms with van der Waals surface area (Å²) in [5.74, 6) is -0.719. The van der Waals surface area contributed by atoms with E-state index in [1.165, 1.54) is 0 Å². The van der Waals surface area contributed by atoms with Crippen LogP contribution >= 0.6 is 0 Å². The Morgan fingerprint density at radius 2 is 1.83 bits per heavy atom. The molecule has 1 aromatic carbocycles. The maximum absolute atomic E-state index is 9.21. The van der Waals surface area contributed by atoms with E-state index in [4.69, 9.17) is 18.6 Å². The first-order valence-electron chi connectivity index (χ1n) is 10.4. The molecule has 1 aliphatic rings. The molecule has 0 radical (unpaired) electrons. The maximum Gasteiger partial charge on any atom is 0.192 e. The van der Waals surface area contributed by atoms with Crippen molar-refractivity contribution in [1.29, 1.82) is 0 Å². The predicted molar refractivity (Wildman–Crippen MR) is 118 cm³/mol. The third-order valence-corrected chi connectivity index (χ3v) is 10.1. The van der Waals surface area contributed by atoms with Crippen molar-refractivity contribution in [2.45, 2.75) is 83.5 Å². The summed E-state index contributed by atoms with van der Waals surface area (Å²) in [7, 11) is -2.06. The maximum atomic E-state index is 9.21. The first kappa shape index (κ1) is 24.2. The standard InChI is InChI=1S/C23H38O5Si/c1-22(2,3)29(6,7)28-20(17-25-16-18-12-9-8-10-13-18)21-19(14-11-15-24)26-23(4,5)27-21/h8-14,19-21,24H,15-17H2,1-7H3/b14-11-/t19-,20-,21-/m0/s1. The fraction of sp³-hybridized carbons (Fsp3) is 0.652. The topological polar surface area (TPSA) is 57.2 Å². The predicted octanol–water partition coefficient (Wildman–Crippen LogP) is 4.66. The second-order valence-electron chi connectivity index (χ2n) is 9.59. The van der Waals surface area contributed by atoms with Crippen molar-refractivity contribution in [2.75, 3.05) is 13.2 Å². The molecule has 2 rings (SSSR count). The molecule has 164 valence electrons. The van der Waals surface area contributed by atoms with Gasteiger partial charge in [-0.2, -0.15) is 0 Å². The molecular formula is C23H38O5Si. The number of ether oxygens (including phenoxy) is 3. The van der Waals surface area contributed by atoms with Crippen LogP contribution < -0.4 is 0 Å². The van der Waals surface area contributed by atoms with Gasteiger partial charge in [0.05, 0.1) is 25.9 Å². The smallest absolute Gasteiger partial charge is 0.192 e. The van der Waals surface area contributed by atoms with Crippen LogP contribution in [0.25, 0.3) is 0 Å². The molecule has 0 saturated carbocycles. The van der Waals surface area contributed by atoms with Gasteiger partial charge in [0.2, 0.25) is 0 Å². The molecule has 1 heterocycles. The Labute approximate surface area is 177 Å². The summed E-state index contributed by atoms with van der Waals surface area (Å²) in [6, 6.07) is 10.1. The highest BCUT2D eigenvalue weighted by molar-refractivity contribution is 6.74. The van der Waals surface area contributed by atoms with Crippen molar-refractivity contribution in [2.24, 2.45) is 0 Å². The number of hydrogen-bond acceptors (Lipinski definition) is 5. The first-order chi connectivity index (χ1) is 13.5. The Kier molecular flexibility index (Phi) is 8.24. The van der Waals surface area contributed by atoms with Crippen LogP contribution in [0.5, 0.6) is 0 Å². The Bertz CT molecular complexity index is 651. The highest BCUT2D eigenvalue weighted by Gasteiger charge is 2.48. The molecule has 6 heteroatoms. The zero-order valence-corrected chi connectivity index (χ0v) is 20.0. The summed E-state index contributed by atoms with van der Waals surface area (Å²) in [6.45, 7) is 15.8. The summed E-state index contributed by atoms with van der Waals surface area (Å²) >= 11 is 0. The molecule has 1 aliphatic heterocycles. The van der Waals surface area contributed by atoms with E-state index in [-0.39, 0.29) is 30.0 Å². The molecule has 1 aromatic rings. The monoisotopic (exact) mass is 422 g/mol. The number of benzene rings is 1. The van der Waals surface area contributed by atoms with Crippen LogP contribution in [0.1, 0.15) is 40.2 Å². The largest absolute Gasteiger partial charge is 0.409 e. The van der Waals surface area contributed by atoms with Gasteiger partial charge in [-0.15, -0.1) is 0 Å². The molecule has 5 nitrogen and oxygen atoms in total. The minimum absolute atomic E-state index is 0.0364. The molecule has 1 fully saturated rings. The van der Waals surface area contributed by atoms with Crippen LogP contribution in [0.2, 0.25) is 18.1 Å². The van der Waals surface area contributed by atoms with Crippen molar-refractivity contribution >= 4 is 8.32 Å². The Morgan fingerprint density at radius 3 is 2.41 bits per heavy atom. The quantitative estimate of drug-likeness (QED) is 0.463. The highest BCUT2D eigenvalue weighted by Crippen LogP contribution is 2.40. The van der Waals surface area contributed by atoms with E-state index in [2.05, 4.69) is 46.0 Å². The zero-order chi connectivity index (χ0) is 21.7. The van der Waals surface area contributed by atoms with E-state index in [9.17, 15) is 5.11 Å². The SMILES string of the molecule is CC1(C)O[C@H]([C@H](COCc2ccccc2)O[Si](C)(C)C(C)(C)C)[C@H](/C=C\CO)O1. The molecule has 0 aliphatic carbocycles. The Morgan fingerprint density at radius 1 is 1.17 bits per heavy atom. The number of aliphatic hydroxyl groups is 1. The average molecular weight is 423 g/mol. The third-order valence-electron chi connectivity index (χ3n) is 5.61. The zero-order valence-electron chi connectivity index (χ0n) is 19.0. The lowest BCUT2D eigenvalue weighted by atomic mass is 10.1. The van der Waals surface area contributed by atoms with E-state index >= 15 is 0 Å². The molecule has 29 heavy (non-hydrogen) atoms. The van der Waals surface area contributed by atoms with Gasteiger partial charge in [0, 0.05) is 0 Å². The van der Waals surface area contributed by atoms with E-state index < -0.39 is 14.1 Å². The molecule has 3 atom stereocenters. The van der Waals surface area contributed by atoms with Gasteiger partial charge in [-0.05, 0) is 37.5 Å². The van der Waals surface area contributed by atoms with Crippen molar-refractivity contribution in [3.05, 3.63) is 48.0 Å². The molecule has 0 amide bonds. The Hall–Kier alpha value is -1.02. The van der Waals surface area contributed by atoms with Crippen LogP contribution in [0, 0.1) is 0 Å². The van der Waals surface area contributed by atoms with Gasteiger partial charge in [0.1, 0.15) is 12.2 Å². The Balaban J connectivity index is 2.19. The molecule has 0 bridgehead atoms. The minimum Gasteiger partial charge on any atom is -0.409 e. The molecule has 0 unspecified atom stereocenters. The van der Waals surface area contributed by atoms with Gasteiger partial charge in [0.15, 0.2) is 14.1 Å². The van der Waals surface area contributed by atoms with Crippen LogP contribution in [0.15, 0.2) is 42.5 Å².